The molecule has 0 unspecified atom stereocenters. The van der Waals surface area contributed by atoms with Crippen molar-refractivity contribution in [2.45, 2.75) is 70.3 Å². The van der Waals surface area contributed by atoms with E-state index < -0.39 is 26.7 Å². The fourth-order valence-corrected chi connectivity index (χ4v) is 3.62. The molecule has 2 fully saturated rings. The van der Waals surface area contributed by atoms with Crippen molar-refractivity contribution in [1.29, 1.82) is 0 Å². The van der Waals surface area contributed by atoms with Crippen molar-refractivity contribution in [2.24, 2.45) is 0 Å². The number of nitrogens with zero attached hydrogens (tertiary/aromatic N) is 1. The fraction of sp³-hybridized carbons (Fsp3) is 0.857. The predicted octanol–water partition coefficient (Wildman–Crippen LogP) is 1.51. The number of hydrogen-bond donors (Lipinski definition) is 0. The highest BCUT2D eigenvalue weighted by Crippen LogP contribution is 2.47. The van der Waals surface area contributed by atoms with Crippen LogP contribution in [0.3, 0.4) is 0 Å². The van der Waals surface area contributed by atoms with Crippen LogP contribution in [-0.2, 0) is 23.5 Å². The molecule has 2 rings (SSSR count). The van der Waals surface area contributed by atoms with E-state index in [-0.39, 0.29) is 23.0 Å². The van der Waals surface area contributed by atoms with Gasteiger partial charge in [0.05, 0.1) is 13.2 Å². The Balaban J connectivity index is 2.15. The number of methoxy groups -OCH3 is 1. The minimum atomic E-state index is -2.04. The highest BCUT2D eigenvalue weighted by atomic mass is 28.4. The molecule has 0 radical (unpaired) electrons. The summed E-state index contributed by atoms with van der Waals surface area (Å²) < 4.78 is 16.7. The number of amides is 1. The van der Waals surface area contributed by atoms with Gasteiger partial charge in [-0.25, -0.2) is 4.79 Å². The highest BCUT2D eigenvalue weighted by molar-refractivity contribution is 6.74. The van der Waals surface area contributed by atoms with Crippen LogP contribution in [0, 0.1) is 0 Å². The Morgan fingerprint density at radius 1 is 1.19 bits per heavy atom. The maximum atomic E-state index is 11.8. The van der Waals surface area contributed by atoms with Gasteiger partial charge < -0.3 is 18.8 Å². The molecule has 0 aromatic carbocycles. The molecule has 2 aliphatic heterocycles. The minimum absolute atomic E-state index is 0.0329. The number of morpholine rings is 1. The van der Waals surface area contributed by atoms with Crippen molar-refractivity contribution in [3.63, 3.8) is 0 Å². The maximum Gasteiger partial charge on any atom is 0.337 e. The molecule has 0 N–H and O–H groups in total. The Hall–Kier alpha value is -0.923. The number of rotatable bonds is 3. The average Bonchev–Trinajstić information content (AvgIpc) is 2.98. The van der Waals surface area contributed by atoms with Crippen molar-refractivity contribution >= 4 is 20.2 Å². The molecule has 0 spiro atoms. The van der Waals surface area contributed by atoms with E-state index in [0.29, 0.717) is 0 Å². The van der Waals surface area contributed by atoms with Gasteiger partial charge in [0.25, 0.3) is 0 Å². The summed E-state index contributed by atoms with van der Waals surface area (Å²) in [4.78, 5) is 25.1. The second-order valence-electron chi connectivity index (χ2n) is 7.23. The van der Waals surface area contributed by atoms with Crippen molar-refractivity contribution in [3.8, 4) is 0 Å². The van der Waals surface area contributed by atoms with Crippen LogP contribution < -0.4 is 0 Å². The summed E-state index contributed by atoms with van der Waals surface area (Å²) in [6.45, 7) is 12.2. The molecule has 0 bridgehead atoms. The summed E-state index contributed by atoms with van der Waals surface area (Å²) >= 11 is 0. The molecule has 6 nitrogen and oxygen atoms in total. The molecule has 120 valence electrons. The van der Waals surface area contributed by atoms with E-state index in [0.717, 1.165) is 0 Å². The van der Waals surface area contributed by atoms with Crippen molar-refractivity contribution in [1.82, 2.24) is 4.90 Å². The first kappa shape index (κ1) is 16.4. The van der Waals surface area contributed by atoms with Gasteiger partial charge in [0.15, 0.2) is 20.7 Å². The van der Waals surface area contributed by atoms with Gasteiger partial charge in [-0.15, -0.1) is 0 Å². The lowest BCUT2D eigenvalue weighted by atomic mass is 10.2. The minimum Gasteiger partial charge on any atom is -0.467 e. The summed E-state index contributed by atoms with van der Waals surface area (Å²) in [6.07, 6.45) is -1.28. The Bertz CT molecular complexity index is 459. The first-order valence-corrected chi connectivity index (χ1v) is 10.1. The van der Waals surface area contributed by atoms with E-state index in [9.17, 15) is 9.59 Å². The highest BCUT2D eigenvalue weighted by Gasteiger charge is 2.68. The topological polar surface area (TPSA) is 64.8 Å². The zero-order valence-corrected chi connectivity index (χ0v) is 14.8. The number of ether oxygens (including phenoxy) is 2. The molecule has 7 heteroatoms. The zero-order valence-electron chi connectivity index (χ0n) is 13.8. The van der Waals surface area contributed by atoms with Crippen molar-refractivity contribution < 1.29 is 23.5 Å². The van der Waals surface area contributed by atoms with E-state index in [2.05, 4.69) is 33.9 Å². The molecule has 0 aromatic rings. The van der Waals surface area contributed by atoms with E-state index in [1.807, 2.05) is 0 Å². The number of esters is 1. The van der Waals surface area contributed by atoms with E-state index in [4.69, 9.17) is 13.9 Å². The van der Waals surface area contributed by atoms with Gasteiger partial charge in [-0.3, -0.25) is 4.79 Å². The third kappa shape index (κ3) is 2.74. The smallest absolute Gasteiger partial charge is 0.337 e. The number of fused-ring (bicyclic) bond motifs is 1. The van der Waals surface area contributed by atoms with Gasteiger partial charge in [-0.1, -0.05) is 20.8 Å². The monoisotopic (exact) mass is 315 g/mol. The fourth-order valence-electron chi connectivity index (χ4n) is 2.49. The van der Waals surface area contributed by atoms with Gasteiger partial charge >= 0.3 is 5.97 Å². The normalized spacial score (nSPS) is 31.9. The summed E-state index contributed by atoms with van der Waals surface area (Å²) in [6, 6.07) is -0.412. The molecule has 2 heterocycles. The molecule has 2 saturated heterocycles. The van der Waals surface area contributed by atoms with Crippen molar-refractivity contribution in [2.75, 3.05) is 7.11 Å². The lowest BCUT2D eigenvalue weighted by Crippen LogP contribution is -2.47. The van der Waals surface area contributed by atoms with Crippen LogP contribution in [0.15, 0.2) is 0 Å². The number of carbonyl (C=O) groups is 2. The summed E-state index contributed by atoms with van der Waals surface area (Å²) in [5.41, 5.74) is 0. The second-order valence-corrected chi connectivity index (χ2v) is 12.0. The van der Waals surface area contributed by atoms with Crippen LogP contribution in [-0.4, -0.2) is 56.7 Å². The molecule has 0 aromatic heterocycles. The molecule has 2 aliphatic rings. The first-order chi connectivity index (χ1) is 9.51. The zero-order chi connectivity index (χ0) is 16.2. The Morgan fingerprint density at radius 3 is 2.19 bits per heavy atom. The average molecular weight is 315 g/mol. The van der Waals surface area contributed by atoms with Crippen LogP contribution in [0.2, 0.25) is 18.1 Å². The van der Waals surface area contributed by atoms with Crippen LogP contribution in [0.25, 0.3) is 0 Å². The van der Waals surface area contributed by atoms with Gasteiger partial charge in [0.1, 0.15) is 6.04 Å². The van der Waals surface area contributed by atoms with E-state index in [1.54, 1.807) is 4.90 Å². The third-order valence-corrected chi connectivity index (χ3v) is 9.22. The van der Waals surface area contributed by atoms with Crippen LogP contribution >= 0.6 is 0 Å². The third-order valence-electron chi connectivity index (χ3n) is 4.79. The largest absolute Gasteiger partial charge is 0.467 e. The van der Waals surface area contributed by atoms with Gasteiger partial charge in [-0.05, 0) is 18.1 Å². The number of carbonyl (C=O) groups excluding carboxylic acids is 2. The van der Waals surface area contributed by atoms with E-state index in [1.165, 1.54) is 14.0 Å². The van der Waals surface area contributed by atoms with Crippen LogP contribution in [0.1, 0.15) is 27.7 Å². The molecule has 21 heavy (non-hydrogen) atoms. The molecular formula is C14H25NO5Si. The SMILES string of the molecule is COC(=O)[C@H]1O[C@@H](O[Si](C)(C)C(C)(C)C)[C@@H]2[C@H]1N2C(C)=O. The van der Waals surface area contributed by atoms with E-state index >= 15 is 0 Å². The molecular weight excluding hydrogens is 290 g/mol. The second kappa shape index (κ2) is 5.07. The lowest BCUT2D eigenvalue weighted by molar-refractivity contribution is -0.170. The quantitative estimate of drug-likeness (QED) is 0.449. The van der Waals surface area contributed by atoms with Crippen LogP contribution in [0.4, 0.5) is 0 Å². The number of hydrogen-bond acceptors (Lipinski definition) is 5. The first-order valence-electron chi connectivity index (χ1n) is 7.21. The Morgan fingerprint density at radius 2 is 1.76 bits per heavy atom. The van der Waals surface area contributed by atoms with Crippen LogP contribution in [0.5, 0.6) is 0 Å². The lowest BCUT2D eigenvalue weighted by Gasteiger charge is -2.38. The standard InChI is InChI=1S/C14H25NO5Si/c1-8(16)15-9-10(15)13(19-11(9)12(17)18-5)20-21(6,7)14(2,3)4/h9-11,13H,1-7H3/t9-,10+,11+,13+,15?/m1/s1. The molecule has 4 atom stereocenters. The summed E-state index contributed by atoms with van der Waals surface area (Å²) in [7, 11) is -0.716. The maximum absolute atomic E-state index is 11.8. The molecule has 0 saturated carbocycles. The Labute approximate surface area is 126 Å². The summed E-state index contributed by atoms with van der Waals surface area (Å²) in [5.74, 6) is -0.513. The Kier molecular flexibility index (Phi) is 3.97. The van der Waals surface area contributed by atoms with Gasteiger partial charge in [-0.2, -0.15) is 0 Å². The molecule has 1 amide bonds. The predicted molar refractivity (Wildman–Crippen MR) is 79.1 cm³/mol. The van der Waals surface area contributed by atoms with Gasteiger partial charge in [0, 0.05) is 6.92 Å². The summed E-state index contributed by atoms with van der Waals surface area (Å²) in [5, 5.41) is 0.0329. The molecule has 0 aliphatic carbocycles. The van der Waals surface area contributed by atoms with Crippen molar-refractivity contribution in [3.05, 3.63) is 0 Å². The van der Waals surface area contributed by atoms with Gasteiger partial charge in [0.2, 0.25) is 5.91 Å².